The minimum Gasteiger partial charge on any atom is -0.550 e. The van der Waals surface area contributed by atoms with Gasteiger partial charge < -0.3 is 25.0 Å². The predicted octanol–water partition coefficient (Wildman–Crippen LogP) is -0.832. The molecule has 1 heterocycles. The summed E-state index contributed by atoms with van der Waals surface area (Å²) in [6.07, 6.45) is 1.19. The maximum atomic E-state index is 12.1. The van der Waals surface area contributed by atoms with Gasteiger partial charge in [-0.25, -0.2) is 0 Å². The molecule has 6 heteroatoms. The molecule has 0 radical (unpaired) electrons. The van der Waals surface area contributed by atoms with Gasteiger partial charge in [-0.15, -0.1) is 0 Å². The van der Waals surface area contributed by atoms with Gasteiger partial charge in [0.25, 0.3) is 5.91 Å². The van der Waals surface area contributed by atoms with Crippen LogP contribution in [0.4, 0.5) is 0 Å². The molecule has 2 aromatic rings. The highest BCUT2D eigenvalue weighted by molar-refractivity contribution is 5.84. The summed E-state index contributed by atoms with van der Waals surface area (Å²) in [7, 11) is 0. The standard InChI is InChI=1S/C16H18N2O4/c19-15(20)9-14(17-11-13-7-4-8-22-13)16(21)18-10-12-5-2-1-3-6-12/h1-8,14,17H,9-11H2,(H,18,21)(H,19,20)/t14-/m0/s1. The molecule has 6 nitrogen and oxygen atoms in total. The first-order valence-electron chi connectivity index (χ1n) is 7.02. The number of hydrogen-bond acceptors (Lipinski definition) is 4. The van der Waals surface area contributed by atoms with E-state index in [-0.39, 0.29) is 12.3 Å². The minimum absolute atomic E-state index is 0.334. The van der Waals surface area contributed by atoms with Crippen LogP contribution in [0.1, 0.15) is 17.7 Å². The van der Waals surface area contributed by atoms with Gasteiger partial charge >= 0.3 is 0 Å². The lowest BCUT2D eigenvalue weighted by molar-refractivity contribution is -0.693. The van der Waals surface area contributed by atoms with E-state index in [1.807, 2.05) is 30.3 Å². The van der Waals surface area contributed by atoms with Gasteiger partial charge in [0.1, 0.15) is 6.54 Å². The Morgan fingerprint density at radius 3 is 2.59 bits per heavy atom. The molecule has 0 aliphatic rings. The van der Waals surface area contributed by atoms with E-state index >= 15 is 0 Å². The first-order chi connectivity index (χ1) is 10.6. The third-order valence-electron chi connectivity index (χ3n) is 3.22. The highest BCUT2D eigenvalue weighted by atomic mass is 16.4. The predicted molar refractivity (Wildman–Crippen MR) is 76.0 cm³/mol. The number of carbonyl (C=O) groups is 2. The molecule has 22 heavy (non-hydrogen) atoms. The average Bonchev–Trinajstić information content (AvgIpc) is 3.03. The van der Waals surface area contributed by atoms with Gasteiger partial charge in [0.05, 0.1) is 6.26 Å². The summed E-state index contributed by atoms with van der Waals surface area (Å²) < 4.78 is 5.17. The van der Waals surface area contributed by atoms with Crippen LogP contribution in [0.25, 0.3) is 0 Å². The number of nitrogens with two attached hydrogens (primary N) is 1. The number of carbonyl (C=O) groups excluding carboxylic acids is 2. The number of aliphatic carboxylic acids is 1. The van der Waals surface area contributed by atoms with Gasteiger partial charge in [-0.1, -0.05) is 30.3 Å². The van der Waals surface area contributed by atoms with Crippen LogP contribution in [0, 0.1) is 0 Å². The lowest BCUT2D eigenvalue weighted by Gasteiger charge is -2.15. The van der Waals surface area contributed by atoms with Gasteiger partial charge in [0.2, 0.25) is 0 Å². The molecule has 1 atom stereocenters. The molecule has 0 saturated heterocycles. The molecule has 0 aliphatic heterocycles. The lowest BCUT2D eigenvalue weighted by Crippen LogP contribution is -2.91. The highest BCUT2D eigenvalue weighted by Crippen LogP contribution is 1.99. The molecule has 0 aliphatic carbocycles. The first-order valence-corrected chi connectivity index (χ1v) is 7.02. The maximum Gasteiger partial charge on any atom is 0.278 e. The molecule has 1 amide bonds. The molecule has 1 aromatic heterocycles. The summed E-state index contributed by atoms with van der Waals surface area (Å²) in [6, 6.07) is 12.2. The van der Waals surface area contributed by atoms with E-state index in [0.29, 0.717) is 18.8 Å². The van der Waals surface area contributed by atoms with Crippen molar-refractivity contribution >= 4 is 11.9 Å². The van der Waals surface area contributed by atoms with Crippen LogP contribution in [0.15, 0.2) is 53.1 Å². The Balaban J connectivity index is 1.89. The largest absolute Gasteiger partial charge is 0.550 e. The van der Waals surface area contributed by atoms with E-state index in [1.165, 1.54) is 6.26 Å². The molecule has 116 valence electrons. The average molecular weight is 302 g/mol. The van der Waals surface area contributed by atoms with Gasteiger partial charge in [0.15, 0.2) is 11.8 Å². The summed E-state index contributed by atoms with van der Waals surface area (Å²) in [4.78, 5) is 23.0. The van der Waals surface area contributed by atoms with Crippen molar-refractivity contribution < 1.29 is 24.4 Å². The molecular weight excluding hydrogens is 284 g/mol. The van der Waals surface area contributed by atoms with E-state index < -0.39 is 12.0 Å². The summed E-state index contributed by atoms with van der Waals surface area (Å²) in [5.41, 5.74) is 0.953. The normalized spacial score (nSPS) is 11.8. The van der Waals surface area contributed by atoms with Crippen LogP contribution in [0.2, 0.25) is 0 Å². The Morgan fingerprint density at radius 2 is 1.95 bits per heavy atom. The van der Waals surface area contributed by atoms with E-state index in [2.05, 4.69) is 5.32 Å². The zero-order valence-electron chi connectivity index (χ0n) is 12.0. The molecule has 0 spiro atoms. The molecule has 0 saturated carbocycles. The van der Waals surface area contributed by atoms with Crippen molar-refractivity contribution in [2.75, 3.05) is 0 Å². The van der Waals surface area contributed by atoms with Crippen molar-refractivity contribution in [3.8, 4) is 0 Å². The van der Waals surface area contributed by atoms with Crippen LogP contribution < -0.4 is 15.7 Å². The fraction of sp³-hybridized carbons (Fsp3) is 0.250. The van der Waals surface area contributed by atoms with E-state index in [4.69, 9.17) is 4.42 Å². The summed E-state index contributed by atoms with van der Waals surface area (Å²) >= 11 is 0. The van der Waals surface area contributed by atoms with Gasteiger partial charge in [-0.2, -0.15) is 0 Å². The van der Waals surface area contributed by atoms with E-state index in [9.17, 15) is 14.7 Å². The Morgan fingerprint density at radius 1 is 1.18 bits per heavy atom. The van der Waals surface area contributed by atoms with Crippen LogP contribution >= 0.6 is 0 Å². The van der Waals surface area contributed by atoms with Crippen LogP contribution in [0.5, 0.6) is 0 Å². The number of nitrogens with one attached hydrogen (secondary N) is 1. The second-order valence-corrected chi connectivity index (χ2v) is 4.91. The van der Waals surface area contributed by atoms with Crippen molar-refractivity contribution in [3.63, 3.8) is 0 Å². The van der Waals surface area contributed by atoms with E-state index in [0.717, 1.165) is 5.56 Å². The van der Waals surface area contributed by atoms with Crippen LogP contribution in [0.3, 0.4) is 0 Å². The number of hydrogen-bond donors (Lipinski definition) is 2. The number of carboxylic acids is 1. The monoisotopic (exact) mass is 302 g/mol. The fourth-order valence-corrected chi connectivity index (χ4v) is 2.07. The zero-order valence-corrected chi connectivity index (χ0v) is 12.0. The fourth-order valence-electron chi connectivity index (χ4n) is 2.07. The van der Waals surface area contributed by atoms with Crippen molar-refractivity contribution in [2.24, 2.45) is 0 Å². The quantitative estimate of drug-likeness (QED) is 0.665. The Kier molecular flexibility index (Phi) is 5.73. The number of quaternary nitrogens is 1. The van der Waals surface area contributed by atoms with Gasteiger partial charge in [0, 0.05) is 18.9 Å². The Bertz CT molecular complexity index is 596. The third kappa shape index (κ3) is 5.06. The van der Waals surface area contributed by atoms with Crippen molar-refractivity contribution in [2.45, 2.75) is 25.6 Å². The Hall–Kier alpha value is -2.60. The smallest absolute Gasteiger partial charge is 0.278 e. The SMILES string of the molecule is O=C([O-])C[C@H]([NH2+]Cc1ccco1)C(=O)NCc1ccccc1. The summed E-state index contributed by atoms with van der Waals surface area (Å²) in [6.45, 7) is 0.752. The number of furan rings is 1. The molecule has 1 aromatic carbocycles. The number of rotatable bonds is 8. The van der Waals surface area contributed by atoms with Crippen molar-refractivity contribution in [1.82, 2.24) is 5.32 Å². The van der Waals surface area contributed by atoms with Crippen LogP contribution in [-0.2, 0) is 22.7 Å². The second-order valence-electron chi connectivity index (χ2n) is 4.91. The maximum absolute atomic E-state index is 12.1. The Labute approximate surface area is 128 Å². The topological polar surface area (TPSA) is 99.0 Å². The minimum atomic E-state index is -1.25. The lowest BCUT2D eigenvalue weighted by atomic mass is 10.1. The highest BCUT2D eigenvalue weighted by Gasteiger charge is 2.22. The molecular formula is C16H18N2O4. The van der Waals surface area contributed by atoms with Gasteiger partial charge in [-0.05, 0) is 17.7 Å². The third-order valence-corrected chi connectivity index (χ3v) is 3.22. The summed E-state index contributed by atoms with van der Waals surface area (Å²) in [5, 5.41) is 15.2. The van der Waals surface area contributed by atoms with Crippen molar-refractivity contribution in [1.29, 1.82) is 0 Å². The second kappa shape index (κ2) is 7.99. The molecule has 0 unspecified atom stereocenters. The summed E-state index contributed by atoms with van der Waals surface area (Å²) in [5.74, 6) is -0.908. The number of carboxylic acid groups (broad SMARTS) is 1. The zero-order chi connectivity index (χ0) is 15.8. The molecule has 3 N–H and O–H groups in total. The molecule has 0 fully saturated rings. The molecule has 0 bridgehead atoms. The van der Waals surface area contributed by atoms with E-state index in [1.54, 1.807) is 17.4 Å². The first kappa shape index (κ1) is 15.8. The van der Waals surface area contributed by atoms with Gasteiger partial charge in [-0.3, -0.25) is 4.79 Å². The molecule has 2 rings (SSSR count). The van der Waals surface area contributed by atoms with Crippen LogP contribution in [-0.4, -0.2) is 17.9 Å². The number of benzene rings is 1. The van der Waals surface area contributed by atoms with Crippen molar-refractivity contribution in [3.05, 3.63) is 60.1 Å². The number of amides is 1.